The number of ether oxygens (including phenoxy) is 3. The van der Waals surface area contributed by atoms with Crippen LogP contribution in [0.4, 0.5) is 0 Å². The van der Waals surface area contributed by atoms with Gasteiger partial charge in [0.1, 0.15) is 5.75 Å². The molecule has 2 aromatic carbocycles. The molecule has 0 fully saturated rings. The third kappa shape index (κ3) is 3.84. The summed E-state index contributed by atoms with van der Waals surface area (Å²) >= 11 is 0. The van der Waals surface area contributed by atoms with Gasteiger partial charge in [-0.05, 0) is 55.3 Å². The average Bonchev–Trinajstić information content (AvgIpc) is 3.02. The fourth-order valence-electron chi connectivity index (χ4n) is 2.20. The standard InChI is InChI=1S/C18H18N2O4/c1-12-4-3-5-15(8-12)24-13(2)18(21)20-19-10-14-6-7-16-17(9-14)23-11-22-16/h3-10,13H,11H2,1-2H3,(H,20,21)/b19-10+. The van der Waals surface area contributed by atoms with Gasteiger partial charge in [-0.2, -0.15) is 5.10 Å². The Balaban J connectivity index is 1.54. The lowest BCUT2D eigenvalue weighted by Crippen LogP contribution is -2.33. The Kier molecular flexibility index (Phi) is 4.65. The summed E-state index contributed by atoms with van der Waals surface area (Å²) in [6.45, 7) is 3.86. The predicted molar refractivity (Wildman–Crippen MR) is 89.6 cm³/mol. The number of amides is 1. The topological polar surface area (TPSA) is 69.2 Å². The maximum Gasteiger partial charge on any atom is 0.280 e. The third-order valence-corrected chi connectivity index (χ3v) is 3.46. The zero-order valence-electron chi connectivity index (χ0n) is 13.5. The molecule has 2 aromatic rings. The number of hydrazone groups is 1. The van der Waals surface area contributed by atoms with E-state index in [1.165, 1.54) is 0 Å². The highest BCUT2D eigenvalue weighted by Crippen LogP contribution is 2.31. The summed E-state index contributed by atoms with van der Waals surface area (Å²) in [5, 5.41) is 3.95. The van der Waals surface area contributed by atoms with Crippen LogP contribution >= 0.6 is 0 Å². The second-order valence-electron chi connectivity index (χ2n) is 5.42. The Morgan fingerprint density at radius 2 is 2.08 bits per heavy atom. The monoisotopic (exact) mass is 326 g/mol. The van der Waals surface area contributed by atoms with E-state index >= 15 is 0 Å². The lowest BCUT2D eigenvalue weighted by Gasteiger charge is -2.13. The summed E-state index contributed by atoms with van der Waals surface area (Å²) in [6, 6.07) is 13.0. The fourth-order valence-corrected chi connectivity index (χ4v) is 2.20. The quantitative estimate of drug-likeness (QED) is 0.677. The molecule has 1 aliphatic heterocycles. The third-order valence-electron chi connectivity index (χ3n) is 3.46. The van der Waals surface area contributed by atoms with E-state index in [1.807, 2.05) is 37.3 Å². The molecule has 6 heteroatoms. The number of nitrogens with zero attached hydrogens (tertiary/aromatic N) is 1. The molecule has 6 nitrogen and oxygen atoms in total. The van der Waals surface area contributed by atoms with Crippen molar-refractivity contribution in [2.45, 2.75) is 20.0 Å². The van der Waals surface area contributed by atoms with Crippen LogP contribution < -0.4 is 19.6 Å². The first kappa shape index (κ1) is 15.9. The minimum absolute atomic E-state index is 0.223. The van der Waals surface area contributed by atoms with E-state index in [1.54, 1.807) is 25.3 Å². The first-order chi connectivity index (χ1) is 11.6. The Hall–Kier alpha value is -3.02. The van der Waals surface area contributed by atoms with E-state index in [2.05, 4.69) is 10.5 Å². The van der Waals surface area contributed by atoms with Gasteiger partial charge >= 0.3 is 0 Å². The van der Waals surface area contributed by atoms with Gasteiger partial charge in [-0.1, -0.05) is 12.1 Å². The van der Waals surface area contributed by atoms with Gasteiger partial charge in [-0.15, -0.1) is 0 Å². The summed E-state index contributed by atoms with van der Waals surface area (Å²) in [4.78, 5) is 12.0. The first-order valence-electron chi connectivity index (χ1n) is 7.58. The van der Waals surface area contributed by atoms with Crippen LogP contribution in [0.2, 0.25) is 0 Å². The number of carbonyl (C=O) groups excluding carboxylic acids is 1. The van der Waals surface area contributed by atoms with Crippen LogP contribution in [0, 0.1) is 6.92 Å². The molecular weight excluding hydrogens is 308 g/mol. The molecule has 24 heavy (non-hydrogen) atoms. The van der Waals surface area contributed by atoms with Crippen molar-refractivity contribution in [3.05, 3.63) is 53.6 Å². The first-order valence-corrected chi connectivity index (χ1v) is 7.58. The van der Waals surface area contributed by atoms with Crippen LogP contribution in [0.25, 0.3) is 0 Å². The maximum absolute atomic E-state index is 12.0. The molecule has 1 amide bonds. The van der Waals surface area contributed by atoms with E-state index in [9.17, 15) is 4.79 Å². The smallest absolute Gasteiger partial charge is 0.280 e. The van der Waals surface area contributed by atoms with Gasteiger partial charge < -0.3 is 14.2 Å². The van der Waals surface area contributed by atoms with E-state index in [4.69, 9.17) is 14.2 Å². The second kappa shape index (κ2) is 7.04. The van der Waals surface area contributed by atoms with Crippen molar-refractivity contribution in [3.8, 4) is 17.2 Å². The van der Waals surface area contributed by atoms with Crippen molar-refractivity contribution in [1.82, 2.24) is 5.43 Å². The lowest BCUT2D eigenvalue weighted by atomic mass is 10.2. The van der Waals surface area contributed by atoms with E-state index in [0.29, 0.717) is 17.2 Å². The van der Waals surface area contributed by atoms with Crippen LogP contribution in [0.5, 0.6) is 17.2 Å². The van der Waals surface area contributed by atoms with Gasteiger partial charge in [0.2, 0.25) is 6.79 Å². The summed E-state index contributed by atoms with van der Waals surface area (Å²) in [5.41, 5.74) is 4.34. The van der Waals surface area contributed by atoms with Crippen LogP contribution in [0.3, 0.4) is 0 Å². The van der Waals surface area contributed by atoms with E-state index in [0.717, 1.165) is 11.1 Å². The van der Waals surface area contributed by atoms with E-state index in [-0.39, 0.29) is 12.7 Å². The molecule has 0 bridgehead atoms. The highest BCUT2D eigenvalue weighted by molar-refractivity contribution is 5.85. The van der Waals surface area contributed by atoms with Crippen molar-refractivity contribution in [1.29, 1.82) is 0 Å². The summed E-state index contributed by atoms with van der Waals surface area (Å²) in [5.74, 6) is 1.70. The Morgan fingerprint density at radius 1 is 1.25 bits per heavy atom. The van der Waals surface area contributed by atoms with Gasteiger partial charge in [0.05, 0.1) is 6.21 Å². The molecule has 0 saturated heterocycles. The zero-order chi connectivity index (χ0) is 16.9. The summed E-state index contributed by atoms with van der Waals surface area (Å²) in [6.07, 6.45) is 0.889. The van der Waals surface area contributed by atoms with Gasteiger partial charge in [-0.3, -0.25) is 4.79 Å². The number of aryl methyl sites for hydroxylation is 1. The fraction of sp³-hybridized carbons (Fsp3) is 0.222. The minimum atomic E-state index is -0.652. The number of rotatable bonds is 5. The Bertz CT molecular complexity index is 773. The molecule has 1 aliphatic rings. The largest absolute Gasteiger partial charge is 0.481 e. The lowest BCUT2D eigenvalue weighted by molar-refractivity contribution is -0.127. The molecule has 3 rings (SSSR count). The molecular formula is C18H18N2O4. The van der Waals surface area contributed by atoms with Gasteiger partial charge in [0.15, 0.2) is 17.6 Å². The van der Waals surface area contributed by atoms with Gasteiger partial charge in [0, 0.05) is 0 Å². The van der Waals surface area contributed by atoms with Crippen molar-refractivity contribution >= 4 is 12.1 Å². The molecule has 0 aromatic heterocycles. The molecule has 1 heterocycles. The van der Waals surface area contributed by atoms with Crippen LogP contribution in [-0.4, -0.2) is 25.0 Å². The molecule has 1 atom stereocenters. The zero-order valence-corrected chi connectivity index (χ0v) is 13.5. The molecule has 1 N–H and O–H groups in total. The van der Waals surface area contributed by atoms with Crippen molar-refractivity contribution in [2.24, 2.45) is 5.10 Å². The Morgan fingerprint density at radius 3 is 2.92 bits per heavy atom. The molecule has 124 valence electrons. The van der Waals surface area contributed by atoms with Crippen LogP contribution in [0.15, 0.2) is 47.6 Å². The number of benzene rings is 2. The molecule has 0 aliphatic carbocycles. The van der Waals surface area contributed by atoms with Crippen molar-refractivity contribution in [2.75, 3.05) is 6.79 Å². The van der Waals surface area contributed by atoms with Gasteiger partial charge in [-0.25, -0.2) is 5.43 Å². The maximum atomic E-state index is 12.0. The number of carbonyl (C=O) groups is 1. The molecule has 0 saturated carbocycles. The van der Waals surface area contributed by atoms with Gasteiger partial charge in [0.25, 0.3) is 5.91 Å². The summed E-state index contributed by atoms with van der Waals surface area (Å²) in [7, 11) is 0. The minimum Gasteiger partial charge on any atom is -0.481 e. The summed E-state index contributed by atoms with van der Waals surface area (Å²) < 4.78 is 16.1. The van der Waals surface area contributed by atoms with Crippen molar-refractivity contribution in [3.63, 3.8) is 0 Å². The normalized spacial score (nSPS) is 13.8. The second-order valence-corrected chi connectivity index (χ2v) is 5.42. The van der Waals surface area contributed by atoms with Crippen LogP contribution in [0.1, 0.15) is 18.1 Å². The Labute approximate surface area is 140 Å². The molecule has 1 unspecified atom stereocenters. The SMILES string of the molecule is Cc1cccc(OC(C)C(=O)N/N=C/c2ccc3c(c2)OCO3)c1. The number of hydrogen-bond donors (Lipinski definition) is 1. The molecule has 0 spiro atoms. The predicted octanol–water partition coefficient (Wildman–Crippen LogP) is 2.64. The number of hydrogen-bond acceptors (Lipinski definition) is 5. The molecule has 0 radical (unpaired) electrons. The number of fused-ring (bicyclic) bond motifs is 1. The number of nitrogens with one attached hydrogen (secondary N) is 1. The average molecular weight is 326 g/mol. The van der Waals surface area contributed by atoms with Crippen LogP contribution in [-0.2, 0) is 4.79 Å². The highest BCUT2D eigenvalue weighted by Gasteiger charge is 2.14. The van der Waals surface area contributed by atoms with E-state index < -0.39 is 6.10 Å². The van der Waals surface area contributed by atoms with Crippen molar-refractivity contribution < 1.29 is 19.0 Å². The highest BCUT2D eigenvalue weighted by atomic mass is 16.7.